The normalized spacial score (nSPS) is 9.85. The fraction of sp³-hybridized carbons (Fsp3) is 0.182. The first-order valence-electron chi connectivity index (χ1n) is 5.28. The quantitative estimate of drug-likeness (QED) is 0.367. The van der Waals surface area contributed by atoms with E-state index in [4.69, 9.17) is 16.7 Å². The van der Waals surface area contributed by atoms with Gasteiger partial charge in [0.05, 0.1) is 4.92 Å². The van der Waals surface area contributed by atoms with Gasteiger partial charge in [-0.25, -0.2) is 4.98 Å². The van der Waals surface area contributed by atoms with Crippen molar-refractivity contribution in [3.63, 3.8) is 0 Å². The first-order valence-corrected chi connectivity index (χ1v) is 5.66. The molecule has 8 nitrogen and oxygen atoms in total. The van der Waals surface area contributed by atoms with E-state index in [1.807, 2.05) is 0 Å². The largest absolute Gasteiger partial charge is 0.480 e. The second kappa shape index (κ2) is 6.62. The average molecular weight is 300 g/mol. The van der Waals surface area contributed by atoms with E-state index in [2.05, 4.69) is 11.6 Å². The number of aromatic nitrogens is 1. The summed E-state index contributed by atoms with van der Waals surface area (Å²) in [5.74, 6) is -2.08. The molecule has 1 aromatic heterocycles. The molecule has 106 valence electrons. The third kappa shape index (κ3) is 3.75. The Morgan fingerprint density at radius 1 is 1.60 bits per heavy atom. The minimum atomic E-state index is -1.25. The molecule has 0 atom stereocenters. The van der Waals surface area contributed by atoms with Crippen molar-refractivity contribution in [2.75, 3.05) is 13.1 Å². The fourth-order valence-electron chi connectivity index (χ4n) is 1.45. The van der Waals surface area contributed by atoms with Crippen LogP contribution in [0.3, 0.4) is 0 Å². The fourth-order valence-corrected chi connectivity index (χ4v) is 1.61. The Kier molecular flexibility index (Phi) is 5.15. The van der Waals surface area contributed by atoms with Crippen LogP contribution in [0.25, 0.3) is 0 Å². The van der Waals surface area contributed by atoms with Gasteiger partial charge in [0.15, 0.2) is 0 Å². The maximum absolute atomic E-state index is 12.2. The minimum absolute atomic E-state index is 0.0672. The predicted molar refractivity (Wildman–Crippen MR) is 69.6 cm³/mol. The number of halogens is 1. The van der Waals surface area contributed by atoms with Crippen molar-refractivity contribution in [3.8, 4) is 0 Å². The first kappa shape index (κ1) is 15.6. The highest BCUT2D eigenvalue weighted by Crippen LogP contribution is 2.22. The Labute approximate surface area is 118 Å². The van der Waals surface area contributed by atoms with Crippen LogP contribution in [0.5, 0.6) is 0 Å². The molecule has 0 bridgehead atoms. The van der Waals surface area contributed by atoms with Gasteiger partial charge >= 0.3 is 5.97 Å². The second-order valence-corrected chi connectivity index (χ2v) is 4.04. The molecule has 0 aliphatic heterocycles. The minimum Gasteiger partial charge on any atom is -0.480 e. The molecule has 20 heavy (non-hydrogen) atoms. The van der Waals surface area contributed by atoms with Gasteiger partial charge in [0.1, 0.15) is 23.5 Å². The van der Waals surface area contributed by atoms with E-state index in [-0.39, 0.29) is 17.3 Å². The number of carbonyl (C=O) groups excluding carboxylic acids is 1. The van der Waals surface area contributed by atoms with E-state index in [0.717, 1.165) is 17.2 Å². The van der Waals surface area contributed by atoms with Gasteiger partial charge in [-0.15, -0.1) is 6.58 Å². The molecule has 0 aromatic carbocycles. The van der Waals surface area contributed by atoms with Crippen molar-refractivity contribution in [2.24, 2.45) is 0 Å². The summed E-state index contributed by atoms with van der Waals surface area (Å²) in [5, 5.41) is 19.5. The van der Waals surface area contributed by atoms with Crippen molar-refractivity contribution >= 4 is 29.2 Å². The smallest absolute Gasteiger partial charge is 0.323 e. The van der Waals surface area contributed by atoms with Crippen molar-refractivity contribution in [2.45, 2.75) is 0 Å². The molecule has 1 rings (SSSR count). The molecule has 1 amide bonds. The van der Waals surface area contributed by atoms with Crippen molar-refractivity contribution < 1.29 is 19.6 Å². The summed E-state index contributed by atoms with van der Waals surface area (Å²) < 4.78 is 0. The summed E-state index contributed by atoms with van der Waals surface area (Å²) in [6, 6.07) is 1.03. The number of carboxylic acids is 1. The number of hydrogen-bond donors (Lipinski definition) is 1. The lowest BCUT2D eigenvalue weighted by Gasteiger charge is -2.18. The van der Waals surface area contributed by atoms with E-state index in [1.165, 1.54) is 6.08 Å². The third-order valence-corrected chi connectivity index (χ3v) is 2.45. The number of hydrogen-bond acceptors (Lipinski definition) is 5. The molecule has 0 saturated carbocycles. The molecule has 1 aromatic rings. The number of aliphatic carboxylic acids is 1. The highest BCUT2D eigenvalue weighted by molar-refractivity contribution is 6.29. The summed E-state index contributed by atoms with van der Waals surface area (Å²) in [6.07, 6.45) is 2.16. The summed E-state index contributed by atoms with van der Waals surface area (Å²) in [5.41, 5.74) is -0.864. The molecule has 9 heteroatoms. The highest BCUT2D eigenvalue weighted by Gasteiger charge is 2.26. The molecule has 1 N–H and O–H groups in total. The lowest BCUT2D eigenvalue weighted by molar-refractivity contribution is -0.385. The summed E-state index contributed by atoms with van der Waals surface area (Å²) >= 11 is 5.61. The molecular formula is C11H10ClN3O5. The second-order valence-electron chi connectivity index (χ2n) is 3.65. The molecule has 0 saturated heterocycles. The summed E-state index contributed by atoms with van der Waals surface area (Å²) in [4.78, 5) is 37.4. The molecule has 0 radical (unpaired) electrons. The van der Waals surface area contributed by atoms with Gasteiger partial charge in [0.2, 0.25) is 0 Å². The van der Waals surface area contributed by atoms with Crippen molar-refractivity contribution in [1.29, 1.82) is 0 Å². The standard InChI is InChI=1S/C11H10ClN3O5/c1-2-3-14(6-10(16)17)11(18)7-4-9(12)13-5-8(7)15(19)20/h2,4-5H,1,3,6H2,(H,16,17). The van der Waals surface area contributed by atoms with Crippen LogP contribution in [0.1, 0.15) is 10.4 Å². The number of rotatable bonds is 6. The van der Waals surface area contributed by atoms with Gasteiger partial charge in [-0.05, 0) is 6.07 Å². The number of pyridine rings is 1. The maximum atomic E-state index is 12.2. The number of nitro groups is 1. The molecule has 1 heterocycles. The Balaban J connectivity index is 3.22. The van der Waals surface area contributed by atoms with Gasteiger partial charge in [-0.1, -0.05) is 17.7 Å². The van der Waals surface area contributed by atoms with Gasteiger partial charge < -0.3 is 10.0 Å². The van der Waals surface area contributed by atoms with Gasteiger partial charge in [-0.3, -0.25) is 19.7 Å². The van der Waals surface area contributed by atoms with Crippen molar-refractivity contribution in [3.05, 3.63) is 45.7 Å². The predicted octanol–water partition coefficient (Wildman–Crippen LogP) is 1.36. The molecular weight excluding hydrogens is 290 g/mol. The molecule has 0 aliphatic carbocycles. The molecule has 0 fully saturated rings. The Hall–Kier alpha value is -2.48. The van der Waals surface area contributed by atoms with E-state index in [0.29, 0.717) is 0 Å². The maximum Gasteiger partial charge on any atom is 0.323 e. The lowest BCUT2D eigenvalue weighted by atomic mass is 10.2. The number of nitrogens with zero attached hydrogens (tertiary/aromatic N) is 3. The van der Waals surface area contributed by atoms with Crippen LogP contribution in [0.2, 0.25) is 5.15 Å². The Bertz CT molecular complexity index is 575. The zero-order valence-electron chi connectivity index (χ0n) is 10.2. The average Bonchev–Trinajstić information content (AvgIpc) is 2.36. The van der Waals surface area contributed by atoms with E-state index >= 15 is 0 Å². The van der Waals surface area contributed by atoms with Gasteiger partial charge in [-0.2, -0.15) is 0 Å². The van der Waals surface area contributed by atoms with Crippen LogP contribution in [0.4, 0.5) is 5.69 Å². The molecule has 0 spiro atoms. The van der Waals surface area contributed by atoms with Crippen LogP contribution in [-0.4, -0.2) is 44.9 Å². The summed E-state index contributed by atoms with van der Waals surface area (Å²) in [7, 11) is 0. The number of amides is 1. The number of carboxylic acid groups (broad SMARTS) is 1. The van der Waals surface area contributed by atoms with Crippen molar-refractivity contribution in [1.82, 2.24) is 9.88 Å². The van der Waals surface area contributed by atoms with Gasteiger partial charge in [0.25, 0.3) is 11.6 Å². The van der Waals surface area contributed by atoms with Gasteiger partial charge in [0, 0.05) is 6.54 Å². The molecule has 0 aliphatic rings. The van der Waals surface area contributed by atoms with E-state index in [1.54, 1.807) is 0 Å². The third-order valence-electron chi connectivity index (χ3n) is 2.24. The van der Waals surface area contributed by atoms with Crippen LogP contribution < -0.4 is 0 Å². The zero-order chi connectivity index (χ0) is 15.3. The number of carbonyl (C=O) groups is 2. The Morgan fingerprint density at radius 3 is 2.75 bits per heavy atom. The van der Waals surface area contributed by atoms with E-state index < -0.39 is 29.0 Å². The SMILES string of the molecule is C=CCN(CC(=O)O)C(=O)c1cc(Cl)ncc1[N+](=O)[O-]. The van der Waals surface area contributed by atoms with Crippen LogP contribution in [0.15, 0.2) is 24.9 Å². The topological polar surface area (TPSA) is 114 Å². The monoisotopic (exact) mass is 299 g/mol. The van der Waals surface area contributed by atoms with Crippen LogP contribution >= 0.6 is 11.6 Å². The Morgan fingerprint density at radius 2 is 2.25 bits per heavy atom. The lowest BCUT2D eigenvalue weighted by Crippen LogP contribution is -2.36. The molecule has 0 unspecified atom stereocenters. The van der Waals surface area contributed by atoms with E-state index in [9.17, 15) is 19.7 Å². The first-order chi connectivity index (χ1) is 9.36. The summed E-state index contributed by atoms with van der Waals surface area (Å²) in [6.45, 7) is 2.72. The zero-order valence-corrected chi connectivity index (χ0v) is 10.9. The van der Waals surface area contributed by atoms with Crippen LogP contribution in [-0.2, 0) is 4.79 Å². The van der Waals surface area contributed by atoms with Crippen LogP contribution in [0, 0.1) is 10.1 Å². The highest BCUT2D eigenvalue weighted by atomic mass is 35.5.